The van der Waals surface area contributed by atoms with Crippen molar-refractivity contribution in [2.24, 2.45) is 0 Å². The summed E-state index contributed by atoms with van der Waals surface area (Å²) in [5, 5.41) is 3.24. The van der Waals surface area contributed by atoms with Gasteiger partial charge in [-0.05, 0) is 34.0 Å². The minimum absolute atomic E-state index is 0.245. The van der Waals surface area contributed by atoms with E-state index >= 15 is 0 Å². The molecule has 1 rings (SSSR count). The molecule has 0 saturated carbocycles. The minimum Gasteiger partial charge on any atom is -0.363 e. The van der Waals surface area contributed by atoms with Crippen LogP contribution in [0.15, 0.2) is 17.2 Å². The molecule has 0 amide bonds. The molecule has 122 valence electrons. The van der Waals surface area contributed by atoms with E-state index in [0.717, 1.165) is 5.69 Å². The number of H-pyrrole nitrogens is 1. The lowest BCUT2D eigenvalue weighted by Crippen LogP contribution is -2.48. The van der Waals surface area contributed by atoms with E-state index in [1.807, 2.05) is 46.7 Å². The molecular weight excluding hydrogens is 288 g/mol. The van der Waals surface area contributed by atoms with Crippen molar-refractivity contribution in [1.29, 1.82) is 0 Å². The Bertz CT molecular complexity index is 547. The Labute approximate surface area is 128 Å². The Kier molecular flexibility index (Phi) is 5.98. The monoisotopic (exact) mass is 316 g/mol. The van der Waals surface area contributed by atoms with Gasteiger partial charge in [0.15, 0.2) is 0 Å². The van der Waals surface area contributed by atoms with E-state index in [4.69, 9.17) is 0 Å². The van der Waals surface area contributed by atoms with Crippen LogP contribution in [0.5, 0.6) is 0 Å². The number of nitrogens with one attached hydrogen (secondary N) is 3. The van der Waals surface area contributed by atoms with E-state index in [2.05, 4.69) is 15.0 Å². The predicted molar refractivity (Wildman–Crippen MR) is 85.7 cm³/mol. The van der Waals surface area contributed by atoms with Gasteiger partial charge in [-0.3, -0.25) is 0 Å². The van der Waals surface area contributed by atoms with Gasteiger partial charge in [0.1, 0.15) is 0 Å². The summed E-state index contributed by atoms with van der Waals surface area (Å²) in [6.45, 7) is 9.05. The smallest absolute Gasteiger partial charge is 0.242 e. The van der Waals surface area contributed by atoms with Crippen LogP contribution in [0.3, 0.4) is 0 Å². The molecule has 0 saturated heterocycles. The van der Waals surface area contributed by atoms with E-state index < -0.39 is 10.0 Å². The fourth-order valence-electron chi connectivity index (χ4n) is 1.50. The van der Waals surface area contributed by atoms with E-state index in [-0.39, 0.29) is 10.4 Å². The molecule has 0 aliphatic carbocycles. The SMILES string of the molecule is CC(C)NCc1cc(S(=O)(=O)NCC(C)(C)N(C)C)c[nH]1. The summed E-state index contributed by atoms with van der Waals surface area (Å²) in [4.78, 5) is 5.26. The van der Waals surface area contributed by atoms with Gasteiger partial charge >= 0.3 is 0 Å². The fraction of sp³-hybridized carbons (Fsp3) is 0.714. The molecule has 21 heavy (non-hydrogen) atoms. The van der Waals surface area contributed by atoms with Gasteiger partial charge in [0.2, 0.25) is 10.0 Å². The summed E-state index contributed by atoms with van der Waals surface area (Å²) in [7, 11) is 0.381. The number of aromatic amines is 1. The molecule has 6 nitrogen and oxygen atoms in total. The van der Waals surface area contributed by atoms with E-state index in [1.54, 1.807) is 6.07 Å². The molecule has 7 heteroatoms. The number of hydrogen-bond donors (Lipinski definition) is 3. The van der Waals surface area contributed by atoms with Crippen molar-refractivity contribution < 1.29 is 8.42 Å². The summed E-state index contributed by atoms with van der Waals surface area (Å²) >= 11 is 0. The number of aromatic nitrogens is 1. The van der Waals surface area contributed by atoms with E-state index in [9.17, 15) is 8.42 Å². The van der Waals surface area contributed by atoms with Crippen LogP contribution in [0.2, 0.25) is 0 Å². The molecule has 0 aliphatic rings. The number of hydrogen-bond acceptors (Lipinski definition) is 4. The third kappa shape index (κ3) is 5.43. The average molecular weight is 316 g/mol. The van der Waals surface area contributed by atoms with E-state index in [0.29, 0.717) is 19.1 Å². The molecule has 0 fully saturated rings. The van der Waals surface area contributed by atoms with Gasteiger partial charge in [-0.25, -0.2) is 13.1 Å². The van der Waals surface area contributed by atoms with Crippen molar-refractivity contribution >= 4 is 10.0 Å². The lowest BCUT2D eigenvalue weighted by Gasteiger charge is -2.32. The Hall–Kier alpha value is -0.890. The van der Waals surface area contributed by atoms with Gasteiger partial charge in [0.25, 0.3) is 0 Å². The number of sulfonamides is 1. The van der Waals surface area contributed by atoms with Gasteiger partial charge in [0.05, 0.1) is 4.90 Å². The Morgan fingerprint density at radius 2 is 1.95 bits per heavy atom. The Morgan fingerprint density at radius 1 is 1.33 bits per heavy atom. The summed E-state index contributed by atoms with van der Waals surface area (Å²) in [5.41, 5.74) is 0.613. The van der Waals surface area contributed by atoms with Crippen LogP contribution < -0.4 is 10.0 Å². The molecule has 0 radical (unpaired) electrons. The Morgan fingerprint density at radius 3 is 2.48 bits per heavy atom. The highest BCUT2D eigenvalue weighted by Gasteiger charge is 2.24. The van der Waals surface area contributed by atoms with Crippen molar-refractivity contribution in [3.05, 3.63) is 18.0 Å². The zero-order valence-corrected chi connectivity index (χ0v) is 14.6. The van der Waals surface area contributed by atoms with Crippen LogP contribution in [0, 0.1) is 0 Å². The lowest BCUT2D eigenvalue weighted by atomic mass is 10.1. The maximum Gasteiger partial charge on any atom is 0.242 e. The third-order valence-corrected chi connectivity index (χ3v) is 5.01. The first-order valence-corrected chi connectivity index (χ1v) is 8.61. The van der Waals surface area contributed by atoms with Crippen molar-refractivity contribution in [2.75, 3.05) is 20.6 Å². The first kappa shape index (κ1) is 18.2. The molecule has 0 unspecified atom stereocenters. The lowest BCUT2D eigenvalue weighted by molar-refractivity contribution is 0.199. The number of rotatable bonds is 8. The molecule has 0 aromatic carbocycles. The van der Waals surface area contributed by atoms with Crippen LogP contribution in [0.4, 0.5) is 0 Å². The van der Waals surface area contributed by atoms with Crippen LogP contribution >= 0.6 is 0 Å². The van der Waals surface area contributed by atoms with Gasteiger partial charge in [0, 0.05) is 36.6 Å². The standard InChI is InChI=1S/C14H28N4O2S/c1-11(2)15-8-12-7-13(9-16-12)21(19,20)17-10-14(3,4)18(5)6/h7,9,11,15-17H,8,10H2,1-6H3. The van der Waals surface area contributed by atoms with Gasteiger partial charge in [-0.2, -0.15) is 0 Å². The summed E-state index contributed by atoms with van der Waals surface area (Å²) in [6.07, 6.45) is 1.53. The summed E-state index contributed by atoms with van der Waals surface area (Å²) < 4.78 is 27.2. The maximum atomic E-state index is 12.3. The van der Waals surface area contributed by atoms with Crippen molar-refractivity contribution in [3.63, 3.8) is 0 Å². The van der Waals surface area contributed by atoms with Crippen LogP contribution in [-0.2, 0) is 16.6 Å². The van der Waals surface area contributed by atoms with Crippen molar-refractivity contribution in [3.8, 4) is 0 Å². The molecule has 1 aromatic heterocycles. The van der Waals surface area contributed by atoms with Gasteiger partial charge in [-0.1, -0.05) is 13.8 Å². The molecule has 0 atom stereocenters. The largest absolute Gasteiger partial charge is 0.363 e. The molecular formula is C14H28N4O2S. The molecule has 1 heterocycles. The fourth-order valence-corrected chi connectivity index (χ4v) is 2.72. The van der Waals surface area contributed by atoms with Crippen molar-refractivity contribution in [1.82, 2.24) is 19.9 Å². The topological polar surface area (TPSA) is 77.2 Å². The normalized spacial score (nSPS) is 13.3. The highest BCUT2D eigenvalue weighted by molar-refractivity contribution is 7.89. The second-order valence-corrected chi connectivity index (χ2v) is 8.19. The van der Waals surface area contributed by atoms with Crippen molar-refractivity contribution in [2.45, 2.75) is 50.7 Å². The van der Waals surface area contributed by atoms with Crippen LogP contribution in [0.25, 0.3) is 0 Å². The molecule has 1 aromatic rings. The molecule has 0 bridgehead atoms. The summed E-state index contributed by atoms with van der Waals surface area (Å²) in [6, 6.07) is 2.02. The minimum atomic E-state index is -3.48. The quantitative estimate of drug-likeness (QED) is 0.672. The summed E-state index contributed by atoms with van der Waals surface area (Å²) in [5.74, 6) is 0. The third-order valence-electron chi connectivity index (χ3n) is 3.63. The first-order chi connectivity index (χ1) is 9.54. The molecule has 0 aliphatic heterocycles. The maximum absolute atomic E-state index is 12.3. The number of likely N-dealkylation sites (N-methyl/N-ethyl adjacent to an activating group) is 1. The van der Waals surface area contributed by atoms with Gasteiger partial charge in [-0.15, -0.1) is 0 Å². The zero-order chi connectivity index (χ0) is 16.3. The second-order valence-electron chi connectivity index (χ2n) is 6.43. The molecule has 3 N–H and O–H groups in total. The van der Waals surface area contributed by atoms with Crippen LogP contribution in [-0.4, -0.2) is 50.5 Å². The highest BCUT2D eigenvalue weighted by atomic mass is 32.2. The highest BCUT2D eigenvalue weighted by Crippen LogP contribution is 2.13. The number of nitrogens with zero attached hydrogens (tertiary/aromatic N) is 1. The predicted octanol–water partition coefficient (Wildman–Crippen LogP) is 1.13. The first-order valence-electron chi connectivity index (χ1n) is 7.12. The Balaban J connectivity index is 2.71. The van der Waals surface area contributed by atoms with E-state index in [1.165, 1.54) is 6.20 Å². The second kappa shape index (κ2) is 6.91. The molecule has 0 spiro atoms. The van der Waals surface area contributed by atoms with Crippen LogP contribution in [0.1, 0.15) is 33.4 Å². The zero-order valence-electron chi connectivity index (χ0n) is 13.8. The van der Waals surface area contributed by atoms with Gasteiger partial charge < -0.3 is 15.2 Å². The average Bonchev–Trinajstić information content (AvgIpc) is 2.83.